The lowest BCUT2D eigenvalue weighted by atomic mass is 10.2. The molecule has 0 N–H and O–H groups in total. The fourth-order valence-corrected chi connectivity index (χ4v) is 1.42. The maximum absolute atomic E-state index is 11.3. The normalized spacial score (nSPS) is 12.4. The molecule has 0 heterocycles. The molecule has 0 bridgehead atoms. The molecule has 0 aromatic rings. The van der Waals surface area contributed by atoms with E-state index in [-0.39, 0.29) is 11.2 Å². The Bertz CT molecular complexity index is 186. The van der Waals surface area contributed by atoms with Gasteiger partial charge in [-0.3, -0.25) is 4.79 Å². The summed E-state index contributed by atoms with van der Waals surface area (Å²) < 4.78 is 10.5. The number of unbranched alkanes of at least 4 members (excludes halogenated alkanes) is 3. The number of rotatable bonds is 11. The van der Waals surface area contributed by atoms with Crippen molar-refractivity contribution < 1.29 is 14.3 Å². The highest BCUT2D eigenvalue weighted by atomic mass is 32.1. The molecule has 0 spiro atoms. The third-order valence-corrected chi connectivity index (χ3v) is 3.01. The van der Waals surface area contributed by atoms with Gasteiger partial charge in [-0.15, -0.1) is 0 Å². The molecule has 0 fully saturated rings. The average Bonchev–Trinajstić information content (AvgIpc) is 2.35. The van der Waals surface area contributed by atoms with E-state index in [0.717, 1.165) is 51.7 Å². The molecule has 0 saturated heterocycles. The van der Waals surface area contributed by atoms with Crippen molar-refractivity contribution in [1.29, 1.82) is 0 Å². The van der Waals surface area contributed by atoms with Crippen LogP contribution in [0.4, 0.5) is 0 Å². The predicted molar refractivity (Wildman–Crippen MR) is 73.6 cm³/mol. The van der Waals surface area contributed by atoms with E-state index < -0.39 is 0 Å². The maximum Gasteiger partial charge on any atom is 0.318 e. The van der Waals surface area contributed by atoms with Gasteiger partial charge in [-0.1, -0.05) is 20.3 Å². The molecule has 0 amide bonds. The van der Waals surface area contributed by atoms with Crippen molar-refractivity contribution in [3.63, 3.8) is 0 Å². The summed E-state index contributed by atoms with van der Waals surface area (Å²) in [4.78, 5) is 11.3. The van der Waals surface area contributed by atoms with Crippen molar-refractivity contribution in [2.45, 2.75) is 57.6 Å². The minimum absolute atomic E-state index is 0.192. The first-order chi connectivity index (χ1) is 8.22. The van der Waals surface area contributed by atoms with Crippen LogP contribution in [-0.4, -0.2) is 31.0 Å². The van der Waals surface area contributed by atoms with Crippen molar-refractivity contribution in [3.8, 4) is 0 Å². The molecule has 0 radical (unpaired) electrons. The Morgan fingerprint density at radius 2 is 1.71 bits per heavy atom. The molecule has 102 valence electrons. The molecule has 0 aliphatic rings. The van der Waals surface area contributed by atoms with Crippen molar-refractivity contribution >= 4 is 18.6 Å². The number of carbonyl (C=O) groups excluding carboxylic acids is 1. The van der Waals surface area contributed by atoms with Gasteiger partial charge in [-0.25, -0.2) is 0 Å². The SMILES string of the molecule is CCCOCCCCCCOC(=O)C(S)CC. The number of hydrogen-bond acceptors (Lipinski definition) is 4. The van der Waals surface area contributed by atoms with E-state index in [1.165, 1.54) is 0 Å². The molecule has 4 heteroatoms. The van der Waals surface area contributed by atoms with Gasteiger partial charge in [0.2, 0.25) is 0 Å². The van der Waals surface area contributed by atoms with Gasteiger partial charge in [0.05, 0.1) is 11.9 Å². The highest BCUT2D eigenvalue weighted by Gasteiger charge is 2.11. The second kappa shape index (κ2) is 12.2. The lowest BCUT2D eigenvalue weighted by molar-refractivity contribution is -0.143. The second-order valence-electron chi connectivity index (χ2n) is 4.12. The van der Waals surface area contributed by atoms with Gasteiger partial charge in [-0.05, 0) is 32.1 Å². The summed E-state index contributed by atoms with van der Waals surface area (Å²) in [7, 11) is 0. The second-order valence-corrected chi connectivity index (χ2v) is 4.74. The fraction of sp³-hybridized carbons (Fsp3) is 0.923. The first-order valence-electron chi connectivity index (χ1n) is 6.64. The minimum atomic E-state index is -0.266. The summed E-state index contributed by atoms with van der Waals surface area (Å²) in [6.45, 7) is 6.26. The summed E-state index contributed by atoms with van der Waals surface area (Å²) in [5, 5.41) is -0.266. The van der Waals surface area contributed by atoms with Crippen LogP contribution in [0.25, 0.3) is 0 Å². The van der Waals surface area contributed by atoms with Crippen molar-refractivity contribution in [2.75, 3.05) is 19.8 Å². The standard InChI is InChI=1S/C13H26O3S/c1-3-9-15-10-7-5-6-8-11-16-13(14)12(17)4-2/h12,17H,3-11H2,1-2H3. The number of ether oxygens (including phenoxy) is 2. The largest absolute Gasteiger partial charge is 0.465 e. The first-order valence-corrected chi connectivity index (χ1v) is 7.16. The average molecular weight is 262 g/mol. The van der Waals surface area contributed by atoms with Crippen LogP contribution >= 0.6 is 12.6 Å². The van der Waals surface area contributed by atoms with E-state index in [9.17, 15) is 4.79 Å². The first kappa shape index (κ1) is 16.8. The molecule has 3 nitrogen and oxygen atoms in total. The quantitative estimate of drug-likeness (QED) is 0.353. The summed E-state index contributed by atoms with van der Waals surface area (Å²) in [5.41, 5.74) is 0. The van der Waals surface area contributed by atoms with Crippen LogP contribution in [0.5, 0.6) is 0 Å². The van der Waals surface area contributed by atoms with Gasteiger partial charge in [-0.2, -0.15) is 12.6 Å². The van der Waals surface area contributed by atoms with Crippen LogP contribution in [-0.2, 0) is 14.3 Å². The molecule has 1 unspecified atom stereocenters. The zero-order valence-corrected chi connectivity index (χ0v) is 12.0. The smallest absolute Gasteiger partial charge is 0.318 e. The van der Waals surface area contributed by atoms with Gasteiger partial charge in [0.15, 0.2) is 0 Å². The minimum Gasteiger partial charge on any atom is -0.465 e. The van der Waals surface area contributed by atoms with E-state index in [1.54, 1.807) is 0 Å². The Morgan fingerprint density at radius 1 is 1.06 bits per heavy atom. The van der Waals surface area contributed by atoms with E-state index in [4.69, 9.17) is 9.47 Å². The third-order valence-electron chi connectivity index (χ3n) is 2.43. The molecule has 0 aromatic carbocycles. The van der Waals surface area contributed by atoms with E-state index in [2.05, 4.69) is 19.6 Å². The topological polar surface area (TPSA) is 35.5 Å². The van der Waals surface area contributed by atoms with Crippen LogP contribution in [0.2, 0.25) is 0 Å². The zero-order valence-electron chi connectivity index (χ0n) is 11.1. The van der Waals surface area contributed by atoms with E-state index >= 15 is 0 Å². The molecule has 1 atom stereocenters. The number of thiol groups is 1. The number of hydrogen-bond donors (Lipinski definition) is 1. The number of esters is 1. The molecular weight excluding hydrogens is 236 g/mol. The molecular formula is C13H26O3S. The maximum atomic E-state index is 11.3. The Kier molecular flexibility index (Phi) is 12.1. The molecule has 0 aliphatic heterocycles. The predicted octanol–water partition coefficient (Wildman–Crippen LogP) is 3.23. The molecule has 17 heavy (non-hydrogen) atoms. The van der Waals surface area contributed by atoms with Crippen LogP contribution in [0.1, 0.15) is 52.4 Å². The van der Waals surface area contributed by atoms with Gasteiger partial charge in [0.1, 0.15) is 0 Å². The Hall–Kier alpha value is -0.220. The highest BCUT2D eigenvalue weighted by Crippen LogP contribution is 2.05. The van der Waals surface area contributed by atoms with Gasteiger partial charge in [0, 0.05) is 13.2 Å². The lowest BCUT2D eigenvalue weighted by Gasteiger charge is -2.08. The van der Waals surface area contributed by atoms with E-state index in [0.29, 0.717) is 6.61 Å². The summed E-state index contributed by atoms with van der Waals surface area (Å²) in [6, 6.07) is 0. The van der Waals surface area contributed by atoms with Crippen LogP contribution in [0.15, 0.2) is 0 Å². The van der Waals surface area contributed by atoms with Gasteiger partial charge >= 0.3 is 5.97 Å². The van der Waals surface area contributed by atoms with Crippen LogP contribution in [0.3, 0.4) is 0 Å². The van der Waals surface area contributed by atoms with Gasteiger partial charge < -0.3 is 9.47 Å². The summed E-state index contributed by atoms with van der Waals surface area (Å²) in [5.74, 6) is -0.192. The van der Waals surface area contributed by atoms with Crippen molar-refractivity contribution in [1.82, 2.24) is 0 Å². The molecule has 0 aromatic heterocycles. The summed E-state index contributed by atoms with van der Waals surface area (Å²) in [6.07, 6.45) is 6.06. The summed E-state index contributed by atoms with van der Waals surface area (Å²) >= 11 is 4.12. The number of carbonyl (C=O) groups is 1. The van der Waals surface area contributed by atoms with Crippen molar-refractivity contribution in [3.05, 3.63) is 0 Å². The van der Waals surface area contributed by atoms with Crippen LogP contribution in [0, 0.1) is 0 Å². The Balaban J connectivity index is 3.16. The Morgan fingerprint density at radius 3 is 2.29 bits per heavy atom. The zero-order chi connectivity index (χ0) is 12.9. The van der Waals surface area contributed by atoms with Gasteiger partial charge in [0.25, 0.3) is 0 Å². The molecule has 0 saturated carbocycles. The highest BCUT2D eigenvalue weighted by molar-refractivity contribution is 7.81. The van der Waals surface area contributed by atoms with Crippen molar-refractivity contribution in [2.24, 2.45) is 0 Å². The molecule has 0 aliphatic carbocycles. The lowest BCUT2D eigenvalue weighted by Crippen LogP contribution is -2.17. The fourth-order valence-electron chi connectivity index (χ4n) is 1.34. The van der Waals surface area contributed by atoms with Crippen LogP contribution < -0.4 is 0 Å². The van der Waals surface area contributed by atoms with E-state index in [1.807, 2.05) is 6.92 Å². The monoisotopic (exact) mass is 262 g/mol. The Labute approximate surface area is 111 Å². The third kappa shape index (κ3) is 10.6. The molecule has 0 rings (SSSR count).